The van der Waals surface area contributed by atoms with Crippen LogP contribution in [-0.2, 0) is 4.74 Å². The van der Waals surface area contributed by atoms with Crippen molar-refractivity contribution >= 4 is 11.7 Å². The first-order valence-electron chi connectivity index (χ1n) is 10.5. The highest BCUT2D eigenvalue weighted by molar-refractivity contribution is 5.91. The predicted octanol–water partition coefficient (Wildman–Crippen LogP) is 4.79. The molecule has 0 amide bonds. The zero-order valence-corrected chi connectivity index (χ0v) is 18.4. The van der Waals surface area contributed by atoms with Crippen LogP contribution in [0.5, 0.6) is 0 Å². The molecule has 4 nitrogen and oxygen atoms in total. The standard InChI is InChI=1S/C25H34N2O2/c1-26(2)20-14-10-18(11-15-20)24(19-12-16-21(17-13-19)27(3)4)22-8-6-7-9-23(22)25(28)29-5/h6-11,14-15,19,21,24H,12-13,16-17H2,1-5H3. The smallest absolute Gasteiger partial charge is 0.338 e. The third-order valence-electron chi connectivity index (χ3n) is 6.41. The predicted molar refractivity (Wildman–Crippen MR) is 120 cm³/mol. The number of anilines is 1. The Morgan fingerprint density at radius 2 is 1.55 bits per heavy atom. The average molecular weight is 395 g/mol. The molecule has 29 heavy (non-hydrogen) atoms. The summed E-state index contributed by atoms with van der Waals surface area (Å²) in [6.07, 6.45) is 4.73. The Morgan fingerprint density at radius 3 is 2.10 bits per heavy atom. The second-order valence-corrected chi connectivity index (χ2v) is 8.57. The van der Waals surface area contributed by atoms with E-state index < -0.39 is 0 Å². The maximum atomic E-state index is 12.5. The minimum atomic E-state index is -0.252. The van der Waals surface area contributed by atoms with Crippen LogP contribution in [0.15, 0.2) is 48.5 Å². The lowest BCUT2D eigenvalue weighted by atomic mass is 9.71. The summed E-state index contributed by atoms with van der Waals surface area (Å²) < 4.78 is 5.10. The highest BCUT2D eigenvalue weighted by atomic mass is 16.5. The minimum Gasteiger partial charge on any atom is -0.465 e. The van der Waals surface area contributed by atoms with E-state index in [9.17, 15) is 4.79 Å². The first kappa shape index (κ1) is 21.4. The van der Waals surface area contributed by atoms with Crippen molar-refractivity contribution in [2.45, 2.75) is 37.6 Å². The number of carbonyl (C=O) groups is 1. The van der Waals surface area contributed by atoms with Crippen LogP contribution < -0.4 is 4.90 Å². The van der Waals surface area contributed by atoms with Gasteiger partial charge in [-0.1, -0.05) is 30.3 Å². The summed E-state index contributed by atoms with van der Waals surface area (Å²) in [5, 5.41) is 0. The van der Waals surface area contributed by atoms with Crippen molar-refractivity contribution in [1.82, 2.24) is 4.90 Å². The van der Waals surface area contributed by atoms with Gasteiger partial charge in [0, 0.05) is 31.7 Å². The van der Waals surface area contributed by atoms with Crippen LogP contribution in [0.4, 0.5) is 5.69 Å². The zero-order valence-electron chi connectivity index (χ0n) is 18.4. The molecule has 1 unspecified atom stereocenters. The Kier molecular flexibility index (Phi) is 6.96. The number of methoxy groups -OCH3 is 1. The summed E-state index contributed by atoms with van der Waals surface area (Å²) in [5.74, 6) is 0.462. The van der Waals surface area contributed by atoms with E-state index in [0.29, 0.717) is 17.5 Å². The lowest BCUT2D eigenvalue weighted by molar-refractivity contribution is 0.0598. The van der Waals surface area contributed by atoms with E-state index in [2.05, 4.69) is 68.3 Å². The Bertz CT molecular complexity index is 806. The maximum absolute atomic E-state index is 12.5. The number of hydrogen-bond acceptors (Lipinski definition) is 4. The second kappa shape index (κ2) is 9.45. The van der Waals surface area contributed by atoms with E-state index >= 15 is 0 Å². The SMILES string of the molecule is COC(=O)c1ccccc1C(c1ccc(N(C)C)cc1)C1CCC(N(C)C)CC1. The molecule has 0 aromatic heterocycles. The molecule has 0 saturated heterocycles. The van der Waals surface area contributed by atoms with Crippen LogP contribution in [-0.4, -0.2) is 52.2 Å². The van der Waals surface area contributed by atoms with E-state index in [-0.39, 0.29) is 11.9 Å². The molecule has 156 valence electrons. The molecule has 2 aromatic carbocycles. The van der Waals surface area contributed by atoms with Gasteiger partial charge in [-0.15, -0.1) is 0 Å². The van der Waals surface area contributed by atoms with Crippen LogP contribution in [0, 0.1) is 5.92 Å². The van der Waals surface area contributed by atoms with Crippen molar-refractivity contribution in [3.63, 3.8) is 0 Å². The van der Waals surface area contributed by atoms with Crippen LogP contribution in [0.1, 0.15) is 53.1 Å². The molecule has 4 heteroatoms. The van der Waals surface area contributed by atoms with Crippen molar-refractivity contribution in [3.8, 4) is 0 Å². The van der Waals surface area contributed by atoms with Gasteiger partial charge in [0.1, 0.15) is 0 Å². The van der Waals surface area contributed by atoms with Crippen LogP contribution in [0.3, 0.4) is 0 Å². The Hall–Kier alpha value is -2.33. The van der Waals surface area contributed by atoms with Crippen molar-refractivity contribution in [3.05, 3.63) is 65.2 Å². The largest absolute Gasteiger partial charge is 0.465 e. The molecular formula is C25H34N2O2. The van der Waals surface area contributed by atoms with Crippen molar-refractivity contribution in [2.75, 3.05) is 40.2 Å². The zero-order chi connectivity index (χ0) is 21.0. The maximum Gasteiger partial charge on any atom is 0.338 e. The summed E-state index contributed by atoms with van der Waals surface area (Å²) in [6.45, 7) is 0. The Morgan fingerprint density at radius 1 is 0.931 bits per heavy atom. The first-order valence-corrected chi connectivity index (χ1v) is 10.5. The molecule has 1 fully saturated rings. The highest BCUT2D eigenvalue weighted by Crippen LogP contribution is 2.42. The molecule has 0 radical (unpaired) electrons. The van der Waals surface area contributed by atoms with Gasteiger partial charge < -0.3 is 14.5 Å². The molecule has 2 aromatic rings. The molecule has 3 rings (SSSR count). The molecule has 0 N–H and O–H groups in total. The van der Waals surface area contributed by atoms with Gasteiger partial charge in [0.05, 0.1) is 12.7 Å². The van der Waals surface area contributed by atoms with Gasteiger partial charge >= 0.3 is 5.97 Å². The Labute approximate surface area is 175 Å². The van der Waals surface area contributed by atoms with Gasteiger partial charge in [0.25, 0.3) is 0 Å². The topological polar surface area (TPSA) is 32.8 Å². The third-order valence-corrected chi connectivity index (χ3v) is 6.41. The molecule has 1 atom stereocenters. The van der Waals surface area contributed by atoms with Gasteiger partial charge in [-0.05, 0) is 75.0 Å². The van der Waals surface area contributed by atoms with E-state index in [1.807, 2.05) is 18.2 Å². The second-order valence-electron chi connectivity index (χ2n) is 8.57. The molecule has 0 spiro atoms. The fourth-order valence-electron chi connectivity index (χ4n) is 4.70. The molecular weight excluding hydrogens is 360 g/mol. The monoisotopic (exact) mass is 394 g/mol. The fraction of sp³-hybridized carbons (Fsp3) is 0.480. The fourth-order valence-corrected chi connectivity index (χ4v) is 4.70. The molecule has 1 saturated carbocycles. The van der Waals surface area contributed by atoms with Gasteiger partial charge in [-0.3, -0.25) is 0 Å². The number of nitrogens with zero attached hydrogens (tertiary/aromatic N) is 2. The number of ether oxygens (including phenoxy) is 1. The highest BCUT2D eigenvalue weighted by Gasteiger charge is 2.32. The summed E-state index contributed by atoms with van der Waals surface area (Å²) in [4.78, 5) is 17.0. The summed E-state index contributed by atoms with van der Waals surface area (Å²) >= 11 is 0. The number of esters is 1. The summed E-state index contributed by atoms with van der Waals surface area (Å²) in [7, 11) is 9.93. The van der Waals surface area contributed by atoms with E-state index in [1.54, 1.807) is 0 Å². The normalized spacial score (nSPS) is 20.3. The number of benzene rings is 2. The van der Waals surface area contributed by atoms with Crippen LogP contribution >= 0.6 is 0 Å². The first-order chi connectivity index (χ1) is 13.9. The minimum absolute atomic E-state index is 0.199. The number of hydrogen-bond donors (Lipinski definition) is 0. The quantitative estimate of drug-likeness (QED) is 0.660. The van der Waals surface area contributed by atoms with Crippen molar-refractivity contribution in [2.24, 2.45) is 5.92 Å². The van der Waals surface area contributed by atoms with Gasteiger partial charge in [-0.2, -0.15) is 0 Å². The molecule has 1 aliphatic rings. The van der Waals surface area contributed by atoms with Crippen LogP contribution in [0.25, 0.3) is 0 Å². The molecule has 1 aliphatic carbocycles. The lowest BCUT2D eigenvalue weighted by Crippen LogP contribution is -2.34. The molecule has 0 aliphatic heterocycles. The van der Waals surface area contributed by atoms with Gasteiger partial charge in [-0.25, -0.2) is 4.79 Å². The molecule has 0 heterocycles. The van der Waals surface area contributed by atoms with Gasteiger partial charge in [0.2, 0.25) is 0 Å². The van der Waals surface area contributed by atoms with E-state index in [4.69, 9.17) is 4.74 Å². The van der Waals surface area contributed by atoms with Gasteiger partial charge in [0.15, 0.2) is 0 Å². The van der Waals surface area contributed by atoms with Crippen molar-refractivity contribution < 1.29 is 9.53 Å². The third kappa shape index (κ3) is 4.81. The van der Waals surface area contributed by atoms with Crippen molar-refractivity contribution in [1.29, 1.82) is 0 Å². The number of rotatable bonds is 6. The average Bonchev–Trinajstić information content (AvgIpc) is 2.74. The van der Waals surface area contributed by atoms with E-state index in [0.717, 1.165) is 5.56 Å². The van der Waals surface area contributed by atoms with E-state index in [1.165, 1.54) is 44.0 Å². The summed E-state index contributed by atoms with van der Waals surface area (Å²) in [6, 6.07) is 17.4. The number of carbonyl (C=O) groups excluding carboxylic acids is 1. The lowest BCUT2D eigenvalue weighted by Gasteiger charge is -2.37. The van der Waals surface area contributed by atoms with Crippen LogP contribution in [0.2, 0.25) is 0 Å². The summed E-state index contributed by atoms with van der Waals surface area (Å²) in [5.41, 5.74) is 4.24. The molecule has 0 bridgehead atoms. The Balaban J connectivity index is 2.00.